The summed E-state index contributed by atoms with van der Waals surface area (Å²) in [6.45, 7) is 7.14. The van der Waals surface area contributed by atoms with E-state index in [1.54, 1.807) is 0 Å². The van der Waals surface area contributed by atoms with Crippen molar-refractivity contribution in [1.82, 2.24) is 9.97 Å². The fourth-order valence-corrected chi connectivity index (χ4v) is 2.29. The van der Waals surface area contributed by atoms with Crippen LogP contribution in [0.1, 0.15) is 25.0 Å². The Kier molecular flexibility index (Phi) is 4.00. The van der Waals surface area contributed by atoms with Gasteiger partial charge in [0.15, 0.2) is 0 Å². The Bertz CT molecular complexity index is 566. The van der Waals surface area contributed by atoms with Crippen molar-refractivity contribution in [3.05, 3.63) is 41.7 Å². The predicted molar refractivity (Wildman–Crippen MR) is 79.7 cm³/mol. The molecule has 1 heterocycles. The number of rotatable bonds is 4. The van der Waals surface area contributed by atoms with Gasteiger partial charge < -0.3 is 10.6 Å². The van der Waals surface area contributed by atoms with Gasteiger partial charge in [-0.15, -0.1) is 0 Å². The third-order valence-corrected chi connectivity index (χ3v) is 3.29. The Labute approximate surface area is 114 Å². The molecule has 0 aliphatic carbocycles. The molecule has 4 heteroatoms. The first-order chi connectivity index (χ1) is 9.19. The summed E-state index contributed by atoms with van der Waals surface area (Å²) in [6.07, 6.45) is 2.36. The maximum Gasteiger partial charge on any atom is 0.141 e. The van der Waals surface area contributed by atoms with Gasteiger partial charge >= 0.3 is 0 Å². The van der Waals surface area contributed by atoms with Crippen molar-refractivity contribution in [2.24, 2.45) is 0 Å². The van der Waals surface area contributed by atoms with Crippen LogP contribution in [0.15, 0.2) is 30.6 Å². The number of para-hydroxylation sites is 1. The van der Waals surface area contributed by atoms with E-state index in [2.05, 4.69) is 47.8 Å². The summed E-state index contributed by atoms with van der Waals surface area (Å²) in [5.74, 6) is 1.48. The van der Waals surface area contributed by atoms with Crippen LogP contribution < -0.4 is 10.6 Å². The highest BCUT2D eigenvalue weighted by atomic mass is 15.2. The van der Waals surface area contributed by atoms with Gasteiger partial charge in [-0.25, -0.2) is 9.97 Å². The van der Waals surface area contributed by atoms with Crippen molar-refractivity contribution in [2.75, 3.05) is 17.2 Å². The Morgan fingerprint density at radius 2 is 1.89 bits per heavy atom. The van der Waals surface area contributed by atoms with Gasteiger partial charge in [0.25, 0.3) is 0 Å². The molecular formula is C15H20N4. The molecule has 4 nitrogen and oxygen atoms in total. The first-order valence-corrected chi connectivity index (χ1v) is 6.61. The van der Waals surface area contributed by atoms with E-state index in [1.807, 2.05) is 12.1 Å². The van der Waals surface area contributed by atoms with E-state index >= 15 is 0 Å². The zero-order chi connectivity index (χ0) is 13.8. The first-order valence-electron chi connectivity index (χ1n) is 6.61. The molecule has 0 atom stereocenters. The number of nitrogen functional groups attached to an aromatic ring is 1. The van der Waals surface area contributed by atoms with Gasteiger partial charge in [-0.2, -0.15) is 0 Å². The normalized spacial score (nSPS) is 10.5. The van der Waals surface area contributed by atoms with Gasteiger partial charge in [0.2, 0.25) is 0 Å². The molecule has 0 saturated heterocycles. The number of anilines is 3. The lowest BCUT2D eigenvalue weighted by Crippen LogP contribution is -2.21. The minimum atomic E-state index is 0.569. The number of nitrogens with two attached hydrogens (primary N) is 1. The van der Waals surface area contributed by atoms with E-state index in [4.69, 9.17) is 5.73 Å². The summed E-state index contributed by atoms with van der Waals surface area (Å²) >= 11 is 0. The number of benzene rings is 1. The topological polar surface area (TPSA) is 55.0 Å². The minimum Gasteiger partial charge on any atom is -0.383 e. The van der Waals surface area contributed by atoms with Crippen LogP contribution >= 0.6 is 0 Å². The molecule has 0 fully saturated rings. The fourth-order valence-electron chi connectivity index (χ4n) is 2.29. The standard InChI is InChI=1S/C15H20N4/c1-4-12-14(16)17-10-18-15(12)19(5-2)13-9-7-6-8-11(13)3/h6-10H,4-5H2,1-3H3,(H2,16,17,18). The Balaban J connectivity index is 2.55. The SMILES string of the molecule is CCc1c(N)ncnc1N(CC)c1ccccc1C. The number of aryl methyl sites for hydroxylation is 1. The van der Waals surface area contributed by atoms with Crippen molar-refractivity contribution < 1.29 is 0 Å². The highest BCUT2D eigenvalue weighted by molar-refractivity contribution is 5.68. The van der Waals surface area contributed by atoms with Crippen LogP contribution in [0.2, 0.25) is 0 Å². The predicted octanol–water partition coefficient (Wildman–Crippen LogP) is 3.09. The second-order valence-electron chi connectivity index (χ2n) is 4.45. The smallest absolute Gasteiger partial charge is 0.141 e. The van der Waals surface area contributed by atoms with Gasteiger partial charge in [0.05, 0.1) is 0 Å². The van der Waals surface area contributed by atoms with E-state index < -0.39 is 0 Å². The lowest BCUT2D eigenvalue weighted by molar-refractivity contribution is 0.939. The monoisotopic (exact) mass is 256 g/mol. The van der Waals surface area contributed by atoms with Crippen molar-refractivity contribution >= 4 is 17.3 Å². The molecule has 0 bridgehead atoms. The molecule has 0 spiro atoms. The van der Waals surface area contributed by atoms with Crippen LogP contribution in [-0.2, 0) is 6.42 Å². The maximum atomic E-state index is 5.96. The lowest BCUT2D eigenvalue weighted by Gasteiger charge is -2.26. The molecule has 2 N–H and O–H groups in total. The molecule has 2 rings (SSSR count). The zero-order valence-electron chi connectivity index (χ0n) is 11.7. The van der Waals surface area contributed by atoms with Gasteiger partial charge in [-0.05, 0) is 31.9 Å². The van der Waals surface area contributed by atoms with Crippen LogP contribution in [-0.4, -0.2) is 16.5 Å². The van der Waals surface area contributed by atoms with Crippen LogP contribution in [0, 0.1) is 6.92 Å². The molecule has 0 aliphatic rings. The molecule has 19 heavy (non-hydrogen) atoms. The number of hydrogen-bond acceptors (Lipinski definition) is 4. The number of nitrogens with zero attached hydrogens (tertiary/aromatic N) is 3. The highest BCUT2D eigenvalue weighted by Gasteiger charge is 2.16. The first kappa shape index (κ1) is 13.3. The van der Waals surface area contributed by atoms with Crippen LogP contribution in [0.3, 0.4) is 0 Å². The summed E-state index contributed by atoms with van der Waals surface area (Å²) in [4.78, 5) is 10.7. The summed E-state index contributed by atoms with van der Waals surface area (Å²) in [5, 5.41) is 0. The Hall–Kier alpha value is -2.10. The van der Waals surface area contributed by atoms with E-state index in [1.165, 1.54) is 11.9 Å². The molecule has 0 unspecified atom stereocenters. The molecule has 1 aromatic heterocycles. The van der Waals surface area contributed by atoms with Crippen LogP contribution in [0.25, 0.3) is 0 Å². The maximum absolute atomic E-state index is 5.96. The number of hydrogen-bond donors (Lipinski definition) is 1. The molecular weight excluding hydrogens is 236 g/mol. The van der Waals surface area contributed by atoms with Crippen molar-refractivity contribution in [1.29, 1.82) is 0 Å². The summed E-state index contributed by atoms with van der Waals surface area (Å²) in [6, 6.07) is 8.30. The second-order valence-corrected chi connectivity index (χ2v) is 4.45. The van der Waals surface area contributed by atoms with Crippen molar-refractivity contribution in [3.63, 3.8) is 0 Å². The van der Waals surface area contributed by atoms with Crippen molar-refractivity contribution in [3.8, 4) is 0 Å². The van der Waals surface area contributed by atoms with E-state index in [9.17, 15) is 0 Å². The van der Waals surface area contributed by atoms with Gasteiger partial charge in [-0.1, -0.05) is 25.1 Å². The summed E-state index contributed by atoms with van der Waals surface area (Å²) in [5.41, 5.74) is 9.36. The van der Waals surface area contributed by atoms with Gasteiger partial charge in [0, 0.05) is 17.8 Å². The number of aromatic nitrogens is 2. The van der Waals surface area contributed by atoms with E-state index in [-0.39, 0.29) is 0 Å². The lowest BCUT2D eigenvalue weighted by atomic mass is 10.1. The second kappa shape index (κ2) is 5.69. The van der Waals surface area contributed by atoms with Crippen LogP contribution in [0.4, 0.5) is 17.3 Å². The zero-order valence-corrected chi connectivity index (χ0v) is 11.7. The average molecular weight is 256 g/mol. The van der Waals surface area contributed by atoms with E-state index in [0.29, 0.717) is 5.82 Å². The van der Waals surface area contributed by atoms with Gasteiger partial charge in [0.1, 0.15) is 18.0 Å². The largest absolute Gasteiger partial charge is 0.383 e. The summed E-state index contributed by atoms with van der Waals surface area (Å²) < 4.78 is 0. The van der Waals surface area contributed by atoms with E-state index in [0.717, 1.165) is 30.0 Å². The molecule has 100 valence electrons. The van der Waals surface area contributed by atoms with Gasteiger partial charge in [-0.3, -0.25) is 0 Å². The average Bonchev–Trinajstić information content (AvgIpc) is 2.42. The fraction of sp³-hybridized carbons (Fsp3) is 0.333. The third-order valence-electron chi connectivity index (χ3n) is 3.29. The van der Waals surface area contributed by atoms with Crippen molar-refractivity contribution in [2.45, 2.75) is 27.2 Å². The minimum absolute atomic E-state index is 0.569. The highest BCUT2D eigenvalue weighted by Crippen LogP contribution is 2.30. The summed E-state index contributed by atoms with van der Waals surface area (Å²) in [7, 11) is 0. The molecule has 0 radical (unpaired) electrons. The molecule has 0 saturated carbocycles. The molecule has 2 aromatic rings. The quantitative estimate of drug-likeness (QED) is 0.913. The molecule has 1 aromatic carbocycles. The Morgan fingerprint density at radius 3 is 2.53 bits per heavy atom. The molecule has 0 aliphatic heterocycles. The third kappa shape index (κ3) is 2.52. The Morgan fingerprint density at radius 1 is 1.16 bits per heavy atom. The van der Waals surface area contributed by atoms with Crippen LogP contribution in [0.5, 0.6) is 0 Å². The molecule has 0 amide bonds.